The van der Waals surface area contributed by atoms with Crippen molar-refractivity contribution in [2.75, 3.05) is 13.1 Å². The van der Waals surface area contributed by atoms with E-state index in [0.717, 1.165) is 18.6 Å². The van der Waals surface area contributed by atoms with Gasteiger partial charge in [0, 0.05) is 19.1 Å². The van der Waals surface area contributed by atoms with E-state index >= 15 is 0 Å². The molecule has 1 saturated heterocycles. The Kier molecular flexibility index (Phi) is 4.69. The molecule has 112 valence electrons. The Morgan fingerprint density at radius 3 is 2.52 bits per heavy atom. The Morgan fingerprint density at radius 1 is 1.33 bits per heavy atom. The second kappa shape index (κ2) is 6.49. The third-order valence-electron chi connectivity index (χ3n) is 3.63. The smallest absolute Gasteiger partial charge is 0.298 e. The van der Waals surface area contributed by atoms with E-state index in [-0.39, 0.29) is 17.9 Å². The van der Waals surface area contributed by atoms with E-state index in [1.54, 1.807) is 24.8 Å². The second-order valence-electron chi connectivity index (χ2n) is 5.24. The van der Waals surface area contributed by atoms with Crippen molar-refractivity contribution in [3.63, 3.8) is 0 Å². The molecule has 1 N–H and O–H groups in total. The van der Waals surface area contributed by atoms with Gasteiger partial charge >= 0.3 is 0 Å². The summed E-state index contributed by atoms with van der Waals surface area (Å²) in [6.07, 6.45) is 1.50. The van der Waals surface area contributed by atoms with Gasteiger partial charge in [-0.25, -0.2) is 0 Å². The van der Waals surface area contributed by atoms with Crippen molar-refractivity contribution in [3.05, 3.63) is 23.2 Å². The number of nitrogens with one attached hydrogen (secondary N) is 1. The zero-order valence-electron chi connectivity index (χ0n) is 12.7. The minimum atomic E-state index is -0.136. The molecule has 0 bridgehead atoms. The molecule has 0 spiro atoms. The van der Waals surface area contributed by atoms with Crippen molar-refractivity contribution < 1.29 is 14.0 Å². The van der Waals surface area contributed by atoms with Crippen LogP contribution in [0.2, 0.25) is 0 Å². The molecular formula is C16H20N2O3. The molecule has 0 saturated carbocycles. The molecule has 0 aromatic carbocycles. The molecule has 1 aliphatic rings. The van der Waals surface area contributed by atoms with Gasteiger partial charge in [-0.3, -0.25) is 9.59 Å². The van der Waals surface area contributed by atoms with Gasteiger partial charge in [-0.05, 0) is 45.6 Å². The number of rotatable bonds is 2. The van der Waals surface area contributed by atoms with Crippen molar-refractivity contribution in [1.29, 1.82) is 0 Å². The van der Waals surface area contributed by atoms with E-state index in [4.69, 9.17) is 4.42 Å². The molecule has 2 heterocycles. The van der Waals surface area contributed by atoms with Gasteiger partial charge in [0.15, 0.2) is 0 Å². The average Bonchev–Trinajstić information content (AvgIpc) is 2.79. The number of hydrogen-bond donors (Lipinski definition) is 1. The highest BCUT2D eigenvalue weighted by Crippen LogP contribution is 2.15. The summed E-state index contributed by atoms with van der Waals surface area (Å²) in [6, 6.07) is 1.84. The van der Waals surface area contributed by atoms with Gasteiger partial charge in [-0.15, -0.1) is 0 Å². The van der Waals surface area contributed by atoms with Crippen LogP contribution in [-0.2, 0) is 4.79 Å². The fraction of sp³-hybridized carbons (Fsp3) is 0.500. The Hall–Kier alpha value is -2.22. The van der Waals surface area contributed by atoms with Crippen molar-refractivity contribution in [2.45, 2.75) is 39.7 Å². The zero-order chi connectivity index (χ0) is 15.4. The lowest BCUT2D eigenvalue weighted by molar-refractivity contribution is -0.126. The molecule has 1 fully saturated rings. The number of carbonyl (C=O) groups excluding carboxylic acids is 2. The van der Waals surface area contributed by atoms with Gasteiger partial charge in [0.05, 0.1) is 5.56 Å². The fourth-order valence-electron chi connectivity index (χ4n) is 2.53. The van der Waals surface area contributed by atoms with Crippen molar-refractivity contribution in [3.8, 4) is 11.8 Å². The molecule has 2 rings (SSSR count). The third-order valence-corrected chi connectivity index (χ3v) is 3.63. The van der Waals surface area contributed by atoms with E-state index in [2.05, 4.69) is 17.2 Å². The summed E-state index contributed by atoms with van der Waals surface area (Å²) in [5, 5.41) is 3.01. The Bertz CT molecular complexity index is 599. The maximum absolute atomic E-state index is 12.2. The Morgan fingerprint density at radius 2 is 2.00 bits per heavy atom. The first-order valence-electron chi connectivity index (χ1n) is 7.11. The zero-order valence-corrected chi connectivity index (χ0v) is 12.7. The summed E-state index contributed by atoms with van der Waals surface area (Å²) < 4.78 is 5.37. The SMILES string of the molecule is CC#CC(=O)N1CCC(NC(=O)c2cc(C)oc2C)CC1. The van der Waals surface area contributed by atoms with Crippen LogP contribution in [0.4, 0.5) is 0 Å². The van der Waals surface area contributed by atoms with E-state index in [1.807, 2.05) is 6.92 Å². The molecule has 5 heteroatoms. The summed E-state index contributed by atoms with van der Waals surface area (Å²) in [7, 11) is 0. The highest BCUT2D eigenvalue weighted by Gasteiger charge is 2.24. The molecule has 2 amide bonds. The minimum Gasteiger partial charge on any atom is -0.466 e. The van der Waals surface area contributed by atoms with Crippen LogP contribution in [0.15, 0.2) is 10.5 Å². The van der Waals surface area contributed by atoms with E-state index < -0.39 is 0 Å². The molecule has 5 nitrogen and oxygen atoms in total. The summed E-state index contributed by atoms with van der Waals surface area (Å²) >= 11 is 0. The van der Waals surface area contributed by atoms with Gasteiger partial charge in [-0.1, -0.05) is 5.92 Å². The fourth-order valence-corrected chi connectivity index (χ4v) is 2.53. The number of carbonyl (C=O) groups is 2. The lowest BCUT2D eigenvalue weighted by atomic mass is 10.0. The predicted molar refractivity (Wildman–Crippen MR) is 78.7 cm³/mol. The first-order chi connectivity index (χ1) is 10.0. The van der Waals surface area contributed by atoms with Gasteiger partial charge in [0.2, 0.25) is 0 Å². The Labute approximate surface area is 124 Å². The van der Waals surface area contributed by atoms with Crippen LogP contribution in [0.5, 0.6) is 0 Å². The van der Waals surface area contributed by atoms with Crippen molar-refractivity contribution in [1.82, 2.24) is 10.2 Å². The van der Waals surface area contributed by atoms with Crippen LogP contribution in [0, 0.1) is 25.7 Å². The summed E-state index contributed by atoms with van der Waals surface area (Å²) in [6.45, 7) is 6.51. The van der Waals surface area contributed by atoms with Crippen LogP contribution in [0.25, 0.3) is 0 Å². The Balaban J connectivity index is 1.88. The molecule has 0 unspecified atom stereocenters. The molecule has 1 aromatic heterocycles. The highest BCUT2D eigenvalue weighted by molar-refractivity contribution is 5.95. The lowest BCUT2D eigenvalue weighted by Crippen LogP contribution is -2.46. The number of furan rings is 1. The first-order valence-corrected chi connectivity index (χ1v) is 7.11. The van der Waals surface area contributed by atoms with Gasteiger partial charge in [0.1, 0.15) is 11.5 Å². The largest absolute Gasteiger partial charge is 0.466 e. The van der Waals surface area contributed by atoms with Crippen LogP contribution < -0.4 is 5.32 Å². The molecule has 0 radical (unpaired) electrons. The monoisotopic (exact) mass is 288 g/mol. The third kappa shape index (κ3) is 3.66. The second-order valence-corrected chi connectivity index (χ2v) is 5.24. The standard InChI is InChI=1S/C16H20N2O3/c1-4-5-15(19)18-8-6-13(7-9-18)17-16(20)14-10-11(2)21-12(14)3/h10,13H,6-9H2,1-3H3,(H,17,20). The summed E-state index contributed by atoms with van der Waals surface area (Å²) in [5.74, 6) is 6.28. The van der Waals surface area contributed by atoms with Crippen molar-refractivity contribution in [2.24, 2.45) is 0 Å². The average molecular weight is 288 g/mol. The normalized spacial score (nSPS) is 15.3. The van der Waals surface area contributed by atoms with E-state index in [0.29, 0.717) is 24.4 Å². The van der Waals surface area contributed by atoms with Gasteiger partial charge < -0.3 is 14.6 Å². The van der Waals surface area contributed by atoms with Crippen molar-refractivity contribution >= 4 is 11.8 Å². The maximum atomic E-state index is 12.2. The quantitative estimate of drug-likeness (QED) is 0.842. The van der Waals surface area contributed by atoms with Crippen LogP contribution in [0.3, 0.4) is 0 Å². The molecule has 0 aliphatic carbocycles. The molecule has 0 atom stereocenters. The first kappa shape index (κ1) is 15.2. The number of piperidine rings is 1. The van der Waals surface area contributed by atoms with Crippen LogP contribution >= 0.6 is 0 Å². The van der Waals surface area contributed by atoms with Crippen LogP contribution in [-0.4, -0.2) is 35.8 Å². The summed E-state index contributed by atoms with van der Waals surface area (Å²) in [5.41, 5.74) is 0.586. The van der Waals surface area contributed by atoms with Crippen LogP contribution in [0.1, 0.15) is 41.6 Å². The topological polar surface area (TPSA) is 62.6 Å². The maximum Gasteiger partial charge on any atom is 0.298 e. The number of likely N-dealkylation sites (tertiary alicyclic amines) is 1. The molecule has 1 aromatic rings. The van der Waals surface area contributed by atoms with Gasteiger partial charge in [-0.2, -0.15) is 0 Å². The number of aryl methyl sites for hydroxylation is 2. The molecule has 1 aliphatic heterocycles. The van der Waals surface area contributed by atoms with E-state index in [9.17, 15) is 9.59 Å². The van der Waals surface area contributed by atoms with E-state index in [1.165, 1.54) is 0 Å². The number of amides is 2. The highest BCUT2D eigenvalue weighted by atomic mass is 16.3. The molecular weight excluding hydrogens is 268 g/mol. The lowest BCUT2D eigenvalue weighted by Gasteiger charge is -2.31. The number of nitrogens with zero attached hydrogens (tertiary/aromatic N) is 1. The minimum absolute atomic E-state index is 0.0886. The van der Waals surface area contributed by atoms with Gasteiger partial charge in [0.25, 0.3) is 11.8 Å². The molecule has 21 heavy (non-hydrogen) atoms. The predicted octanol–water partition coefficient (Wildman–Crippen LogP) is 1.64. The summed E-state index contributed by atoms with van der Waals surface area (Å²) in [4.78, 5) is 25.6. The number of hydrogen-bond acceptors (Lipinski definition) is 3.